The van der Waals surface area contributed by atoms with Crippen molar-refractivity contribution in [1.82, 2.24) is 19.9 Å². The molecule has 2 heterocycles. The third-order valence-electron chi connectivity index (χ3n) is 5.60. The van der Waals surface area contributed by atoms with Crippen molar-refractivity contribution >= 4 is 5.91 Å². The second-order valence-electron chi connectivity index (χ2n) is 8.31. The van der Waals surface area contributed by atoms with E-state index in [1.165, 1.54) is 32.0 Å². The molecule has 0 aromatic carbocycles. The minimum Gasteiger partial charge on any atom is -0.490 e. The highest BCUT2D eigenvalue weighted by molar-refractivity contribution is 5.78. The smallest absolute Gasteiger partial charge is 0.316 e. The molecular formula is C24H34N4O6. The van der Waals surface area contributed by atoms with E-state index in [2.05, 4.69) is 21.9 Å². The third-order valence-corrected chi connectivity index (χ3v) is 5.60. The molecule has 0 saturated heterocycles. The summed E-state index contributed by atoms with van der Waals surface area (Å²) >= 11 is 0. The highest BCUT2D eigenvalue weighted by atomic mass is 16.7. The number of rotatable bonds is 13. The van der Waals surface area contributed by atoms with Crippen molar-refractivity contribution in [3.05, 3.63) is 42.5 Å². The molecule has 10 heteroatoms. The molecule has 1 amide bonds. The topological polar surface area (TPSA) is 105 Å². The molecule has 1 fully saturated rings. The quantitative estimate of drug-likeness (QED) is 0.405. The largest absolute Gasteiger partial charge is 0.490 e. The van der Waals surface area contributed by atoms with Crippen molar-refractivity contribution in [3.8, 4) is 11.8 Å². The van der Waals surface area contributed by atoms with Crippen LogP contribution in [0.2, 0.25) is 0 Å². The van der Waals surface area contributed by atoms with Crippen LogP contribution in [0, 0.1) is 5.92 Å². The zero-order chi connectivity index (χ0) is 24.2. The first kappa shape index (κ1) is 25.8. The number of aromatic nitrogens is 3. The van der Waals surface area contributed by atoms with E-state index in [-0.39, 0.29) is 44.6 Å². The minimum absolute atomic E-state index is 0.000838. The van der Waals surface area contributed by atoms with Crippen molar-refractivity contribution in [1.29, 1.82) is 0 Å². The molecule has 1 aliphatic carbocycles. The molecule has 0 bridgehead atoms. The Balaban J connectivity index is 1.64. The van der Waals surface area contributed by atoms with Crippen LogP contribution in [0.15, 0.2) is 36.8 Å². The van der Waals surface area contributed by atoms with Crippen LogP contribution < -0.4 is 9.47 Å². The molecule has 2 aromatic rings. The molecular weight excluding hydrogens is 440 g/mol. The van der Waals surface area contributed by atoms with Gasteiger partial charge >= 0.3 is 6.01 Å². The van der Waals surface area contributed by atoms with Crippen LogP contribution in [-0.4, -0.2) is 72.4 Å². The summed E-state index contributed by atoms with van der Waals surface area (Å²) in [4.78, 5) is 27.1. The number of ether oxygens (including phenoxy) is 5. The van der Waals surface area contributed by atoms with E-state index in [0.29, 0.717) is 5.69 Å². The van der Waals surface area contributed by atoms with Crippen molar-refractivity contribution in [2.45, 2.75) is 51.4 Å². The average molecular weight is 475 g/mol. The first-order valence-corrected chi connectivity index (χ1v) is 11.5. The molecule has 0 aliphatic heterocycles. The summed E-state index contributed by atoms with van der Waals surface area (Å²) in [6.45, 7) is 2.25. The molecule has 1 aliphatic rings. The summed E-state index contributed by atoms with van der Waals surface area (Å²) in [6, 6.07) is 5.52. The van der Waals surface area contributed by atoms with E-state index >= 15 is 0 Å². The zero-order valence-electron chi connectivity index (χ0n) is 20.1. The van der Waals surface area contributed by atoms with Gasteiger partial charge in [-0.25, -0.2) is 9.97 Å². The van der Waals surface area contributed by atoms with Crippen molar-refractivity contribution in [3.63, 3.8) is 0 Å². The first-order chi connectivity index (χ1) is 16.6. The van der Waals surface area contributed by atoms with Crippen LogP contribution >= 0.6 is 0 Å². The molecule has 0 radical (unpaired) electrons. The summed E-state index contributed by atoms with van der Waals surface area (Å²) in [5.74, 6) is 1.24. The highest BCUT2D eigenvalue weighted by Gasteiger charge is 2.26. The van der Waals surface area contributed by atoms with E-state index in [1.54, 1.807) is 24.7 Å². The van der Waals surface area contributed by atoms with Gasteiger partial charge in [0.2, 0.25) is 5.91 Å². The maximum atomic E-state index is 13.2. The Kier molecular flexibility index (Phi) is 10.5. The summed E-state index contributed by atoms with van der Waals surface area (Å²) in [6.07, 6.45) is 8.72. The van der Waals surface area contributed by atoms with Gasteiger partial charge in [0.1, 0.15) is 25.9 Å². The lowest BCUT2D eigenvalue weighted by molar-refractivity contribution is -0.178. The van der Waals surface area contributed by atoms with Gasteiger partial charge in [-0.1, -0.05) is 6.92 Å². The van der Waals surface area contributed by atoms with E-state index in [0.717, 1.165) is 24.5 Å². The third kappa shape index (κ3) is 8.19. The van der Waals surface area contributed by atoms with Gasteiger partial charge in [-0.15, -0.1) is 0 Å². The van der Waals surface area contributed by atoms with Gasteiger partial charge in [0, 0.05) is 38.9 Å². The van der Waals surface area contributed by atoms with E-state index in [4.69, 9.17) is 23.7 Å². The summed E-state index contributed by atoms with van der Waals surface area (Å²) in [7, 11) is 3.01. The Hall–Kier alpha value is -2.82. The van der Waals surface area contributed by atoms with Gasteiger partial charge < -0.3 is 23.7 Å². The SMILES string of the molecule is COCO[C@H](COc1ncccn1)N(COC)C(=O)Cc1cc(O[C@H]2CC[C@H](C)CC2)ccn1. The number of carbonyl (C=O) groups excluding carboxylic acids is 1. The summed E-state index contributed by atoms with van der Waals surface area (Å²) in [5.41, 5.74) is 0.602. The van der Waals surface area contributed by atoms with Crippen molar-refractivity contribution < 1.29 is 28.5 Å². The maximum Gasteiger partial charge on any atom is 0.316 e. The van der Waals surface area contributed by atoms with Crippen LogP contribution in [0.1, 0.15) is 38.3 Å². The Morgan fingerprint density at radius 2 is 1.85 bits per heavy atom. The highest BCUT2D eigenvalue weighted by Crippen LogP contribution is 2.27. The fourth-order valence-electron chi connectivity index (χ4n) is 3.76. The van der Waals surface area contributed by atoms with Gasteiger partial charge in [-0.3, -0.25) is 14.7 Å². The lowest BCUT2D eigenvalue weighted by Crippen LogP contribution is -2.47. The predicted molar refractivity (Wildman–Crippen MR) is 123 cm³/mol. The molecule has 1 atom stereocenters. The Bertz CT molecular complexity index is 864. The zero-order valence-corrected chi connectivity index (χ0v) is 20.1. The number of carbonyl (C=O) groups is 1. The van der Waals surface area contributed by atoms with E-state index < -0.39 is 6.23 Å². The van der Waals surface area contributed by atoms with Crippen LogP contribution in [0.4, 0.5) is 0 Å². The predicted octanol–water partition coefficient (Wildman–Crippen LogP) is 2.83. The molecule has 0 N–H and O–H groups in total. The number of nitrogens with zero attached hydrogens (tertiary/aromatic N) is 4. The normalized spacial score (nSPS) is 18.8. The average Bonchev–Trinajstić information content (AvgIpc) is 2.85. The van der Waals surface area contributed by atoms with Crippen molar-refractivity contribution in [2.24, 2.45) is 5.92 Å². The Labute approximate surface area is 200 Å². The molecule has 2 aromatic heterocycles. The molecule has 1 saturated carbocycles. The van der Waals surface area contributed by atoms with Crippen LogP contribution in [-0.2, 0) is 25.4 Å². The molecule has 3 rings (SSSR count). The summed E-state index contributed by atoms with van der Waals surface area (Å²) in [5, 5.41) is 0. The maximum absolute atomic E-state index is 13.2. The first-order valence-electron chi connectivity index (χ1n) is 11.5. The monoisotopic (exact) mass is 474 g/mol. The fraction of sp³-hybridized carbons (Fsp3) is 0.583. The molecule has 186 valence electrons. The second-order valence-corrected chi connectivity index (χ2v) is 8.31. The summed E-state index contributed by atoms with van der Waals surface area (Å²) < 4.78 is 27.8. The molecule has 0 unspecified atom stereocenters. The molecule has 0 spiro atoms. The van der Waals surface area contributed by atoms with Gasteiger partial charge in [0.25, 0.3) is 0 Å². The van der Waals surface area contributed by atoms with Gasteiger partial charge in [-0.2, -0.15) is 0 Å². The fourth-order valence-corrected chi connectivity index (χ4v) is 3.76. The van der Waals surface area contributed by atoms with Crippen LogP contribution in [0.25, 0.3) is 0 Å². The van der Waals surface area contributed by atoms with E-state index in [9.17, 15) is 4.79 Å². The van der Waals surface area contributed by atoms with Gasteiger partial charge in [-0.05, 0) is 43.7 Å². The Morgan fingerprint density at radius 3 is 2.56 bits per heavy atom. The molecule has 10 nitrogen and oxygen atoms in total. The Morgan fingerprint density at radius 1 is 1.09 bits per heavy atom. The lowest BCUT2D eigenvalue weighted by Gasteiger charge is -2.30. The van der Waals surface area contributed by atoms with Gasteiger partial charge in [0.05, 0.1) is 18.2 Å². The van der Waals surface area contributed by atoms with Crippen LogP contribution in [0.5, 0.6) is 11.8 Å². The molecule has 34 heavy (non-hydrogen) atoms. The van der Waals surface area contributed by atoms with E-state index in [1.807, 2.05) is 12.1 Å². The number of pyridine rings is 1. The number of hydrogen-bond acceptors (Lipinski definition) is 9. The van der Waals surface area contributed by atoms with Crippen molar-refractivity contribution in [2.75, 3.05) is 34.4 Å². The second kappa shape index (κ2) is 13.8. The lowest BCUT2D eigenvalue weighted by atomic mass is 9.89. The standard InChI is InChI=1S/C24H34N4O6/c1-18-5-7-20(8-6-18)34-21-9-12-25-19(13-21)14-22(29)28(16-30-2)23(33-17-31-3)15-32-24-26-10-4-11-27-24/h4,9-13,18,20,23H,5-8,14-17H2,1-3H3/t18-,20-,23-/m1/s1. The number of hydrogen-bond donors (Lipinski definition) is 0. The van der Waals surface area contributed by atoms with Gasteiger partial charge in [0.15, 0.2) is 6.23 Å². The number of amides is 1. The minimum atomic E-state index is -0.778. The number of methoxy groups -OCH3 is 2. The van der Waals surface area contributed by atoms with Crippen LogP contribution in [0.3, 0.4) is 0 Å².